The van der Waals surface area contributed by atoms with E-state index in [0.29, 0.717) is 23.8 Å². The van der Waals surface area contributed by atoms with Crippen molar-refractivity contribution in [3.63, 3.8) is 0 Å². The third-order valence-corrected chi connectivity index (χ3v) is 8.94. The van der Waals surface area contributed by atoms with Crippen molar-refractivity contribution in [3.05, 3.63) is 76.0 Å². The number of fused-ring (bicyclic) bond motifs is 4. The average Bonchev–Trinajstić information content (AvgIpc) is 3.25. The van der Waals surface area contributed by atoms with Gasteiger partial charge in [-0.1, -0.05) is 36.4 Å². The van der Waals surface area contributed by atoms with Gasteiger partial charge in [0.1, 0.15) is 4.21 Å². The molecule has 1 aromatic carbocycles. The molecule has 1 saturated heterocycles. The molecule has 0 saturated carbocycles. The Balaban J connectivity index is 1.60. The maximum atomic E-state index is 13.1. The average molecular weight is 413 g/mol. The number of nitrogens with zero attached hydrogens (tertiary/aromatic N) is 2. The zero-order valence-electron chi connectivity index (χ0n) is 15.2. The van der Waals surface area contributed by atoms with E-state index in [9.17, 15) is 13.2 Å². The fourth-order valence-electron chi connectivity index (χ4n) is 4.57. The Morgan fingerprint density at radius 2 is 1.75 bits per heavy atom. The fraction of sp³-hybridized carbons (Fsp3) is 0.286. The van der Waals surface area contributed by atoms with E-state index in [1.165, 1.54) is 11.3 Å². The first-order valence-corrected chi connectivity index (χ1v) is 11.7. The van der Waals surface area contributed by atoms with Gasteiger partial charge in [0.25, 0.3) is 15.6 Å². The Morgan fingerprint density at radius 3 is 2.50 bits per heavy atom. The van der Waals surface area contributed by atoms with E-state index in [1.54, 1.807) is 27.9 Å². The van der Waals surface area contributed by atoms with E-state index in [2.05, 4.69) is 0 Å². The molecule has 5 rings (SSSR count). The molecule has 2 aliphatic heterocycles. The van der Waals surface area contributed by atoms with Crippen molar-refractivity contribution in [2.75, 3.05) is 13.1 Å². The van der Waals surface area contributed by atoms with Crippen LogP contribution in [0, 0.1) is 5.92 Å². The van der Waals surface area contributed by atoms with Crippen LogP contribution in [-0.4, -0.2) is 30.4 Å². The molecule has 0 amide bonds. The molecular weight excluding hydrogens is 392 g/mol. The van der Waals surface area contributed by atoms with Gasteiger partial charge in [0.15, 0.2) is 0 Å². The third kappa shape index (κ3) is 2.85. The lowest BCUT2D eigenvalue weighted by Gasteiger charge is -2.42. The lowest BCUT2D eigenvalue weighted by molar-refractivity contribution is 0.187. The summed E-state index contributed by atoms with van der Waals surface area (Å²) in [6, 6.07) is 17.0. The Bertz CT molecular complexity index is 1170. The lowest BCUT2D eigenvalue weighted by Crippen LogP contribution is -2.49. The summed E-state index contributed by atoms with van der Waals surface area (Å²) in [5.74, 6) is 0.177. The minimum absolute atomic E-state index is 0.000977. The Hall–Kier alpha value is -2.22. The van der Waals surface area contributed by atoms with Gasteiger partial charge in [-0.05, 0) is 35.4 Å². The van der Waals surface area contributed by atoms with Gasteiger partial charge in [0, 0.05) is 42.9 Å². The summed E-state index contributed by atoms with van der Waals surface area (Å²) in [7, 11) is -3.49. The number of rotatable bonds is 3. The highest BCUT2D eigenvalue weighted by Gasteiger charge is 2.40. The van der Waals surface area contributed by atoms with Crippen molar-refractivity contribution >= 4 is 21.4 Å². The first kappa shape index (κ1) is 17.8. The zero-order chi connectivity index (χ0) is 19.3. The van der Waals surface area contributed by atoms with Crippen LogP contribution in [0.4, 0.5) is 0 Å². The van der Waals surface area contributed by atoms with Crippen LogP contribution in [0.25, 0.3) is 11.1 Å². The lowest BCUT2D eigenvalue weighted by atomic mass is 9.81. The Kier molecular flexibility index (Phi) is 4.26. The van der Waals surface area contributed by atoms with Crippen LogP contribution in [0.1, 0.15) is 18.0 Å². The second kappa shape index (κ2) is 6.69. The van der Waals surface area contributed by atoms with Crippen molar-refractivity contribution in [2.45, 2.75) is 23.1 Å². The maximum Gasteiger partial charge on any atom is 0.252 e. The molecule has 2 aliphatic rings. The first-order chi connectivity index (χ1) is 13.5. The summed E-state index contributed by atoms with van der Waals surface area (Å²) >= 11 is 1.25. The van der Waals surface area contributed by atoms with Gasteiger partial charge in [-0.3, -0.25) is 4.79 Å². The van der Waals surface area contributed by atoms with Crippen molar-refractivity contribution in [1.82, 2.24) is 8.87 Å². The van der Waals surface area contributed by atoms with Crippen LogP contribution < -0.4 is 5.56 Å². The van der Waals surface area contributed by atoms with Gasteiger partial charge in [-0.15, -0.1) is 11.3 Å². The predicted octanol–water partition coefficient (Wildman–Crippen LogP) is 3.38. The Labute approximate surface area is 167 Å². The van der Waals surface area contributed by atoms with E-state index in [-0.39, 0.29) is 17.4 Å². The zero-order valence-corrected chi connectivity index (χ0v) is 16.8. The van der Waals surface area contributed by atoms with Crippen LogP contribution in [0.3, 0.4) is 0 Å². The minimum atomic E-state index is -3.49. The quantitative estimate of drug-likeness (QED) is 0.663. The molecule has 3 aromatic rings. The topological polar surface area (TPSA) is 59.4 Å². The molecule has 2 atom stereocenters. The molecule has 0 aliphatic carbocycles. The number of thiophene rings is 1. The minimum Gasteiger partial charge on any atom is -0.311 e. The van der Waals surface area contributed by atoms with Crippen molar-refractivity contribution in [1.29, 1.82) is 0 Å². The second-order valence-electron chi connectivity index (χ2n) is 7.50. The molecule has 2 aromatic heterocycles. The molecule has 28 heavy (non-hydrogen) atoms. The standard InChI is InChI=1S/C21H20N2O3S2/c24-19-9-8-18(16-5-2-1-3-6-16)21-17-11-15(13-23(19)21)12-22(14-17)28(25,26)20-7-4-10-27-20/h1-10,15,17H,11-14H2/t15-,17-/m0/s1. The van der Waals surface area contributed by atoms with Crippen LogP contribution in [0.5, 0.6) is 0 Å². The largest absolute Gasteiger partial charge is 0.311 e. The van der Waals surface area contributed by atoms with Crippen LogP contribution in [0.15, 0.2) is 69.0 Å². The molecule has 0 radical (unpaired) electrons. The summed E-state index contributed by atoms with van der Waals surface area (Å²) < 4.78 is 30.0. The monoisotopic (exact) mass is 412 g/mol. The number of hydrogen-bond donors (Lipinski definition) is 0. The highest BCUT2D eigenvalue weighted by atomic mass is 32.2. The molecular formula is C21H20N2O3S2. The number of benzene rings is 1. The van der Waals surface area contributed by atoms with Gasteiger partial charge in [0.2, 0.25) is 0 Å². The van der Waals surface area contributed by atoms with Crippen molar-refractivity contribution < 1.29 is 8.42 Å². The molecule has 0 N–H and O–H groups in total. The Morgan fingerprint density at radius 1 is 0.929 bits per heavy atom. The van der Waals surface area contributed by atoms with Gasteiger partial charge in [-0.2, -0.15) is 4.31 Å². The molecule has 5 nitrogen and oxygen atoms in total. The molecule has 2 bridgehead atoms. The van der Waals surface area contributed by atoms with Crippen molar-refractivity contribution in [2.24, 2.45) is 5.92 Å². The highest BCUT2D eigenvalue weighted by Crippen LogP contribution is 2.41. The molecule has 7 heteroatoms. The smallest absolute Gasteiger partial charge is 0.252 e. The van der Waals surface area contributed by atoms with E-state index < -0.39 is 10.0 Å². The van der Waals surface area contributed by atoms with Crippen LogP contribution in [-0.2, 0) is 16.6 Å². The summed E-state index contributed by atoms with van der Waals surface area (Å²) in [4.78, 5) is 12.6. The van der Waals surface area contributed by atoms with Gasteiger partial charge < -0.3 is 4.57 Å². The molecule has 0 unspecified atom stereocenters. The number of piperidine rings is 1. The number of aromatic nitrogens is 1. The van der Waals surface area contributed by atoms with E-state index >= 15 is 0 Å². The molecule has 144 valence electrons. The summed E-state index contributed by atoms with van der Waals surface area (Å²) in [6.45, 7) is 1.46. The van der Waals surface area contributed by atoms with Gasteiger partial charge >= 0.3 is 0 Å². The van der Waals surface area contributed by atoms with E-state index in [4.69, 9.17) is 0 Å². The van der Waals surface area contributed by atoms with Gasteiger partial charge in [-0.25, -0.2) is 8.42 Å². The molecule has 0 spiro atoms. The maximum absolute atomic E-state index is 13.1. The number of hydrogen-bond acceptors (Lipinski definition) is 4. The fourth-order valence-corrected chi connectivity index (χ4v) is 7.27. The molecule has 4 heterocycles. The van der Waals surface area contributed by atoms with Crippen LogP contribution in [0.2, 0.25) is 0 Å². The summed E-state index contributed by atoms with van der Waals surface area (Å²) in [6.07, 6.45) is 0.916. The predicted molar refractivity (Wildman–Crippen MR) is 110 cm³/mol. The molecule has 1 fully saturated rings. The van der Waals surface area contributed by atoms with E-state index in [0.717, 1.165) is 23.2 Å². The summed E-state index contributed by atoms with van der Waals surface area (Å²) in [5.41, 5.74) is 3.06. The summed E-state index contributed by atoms with van der Waals surface area (Å²) in [5, 5.41) is 1.79. The highest BCUT2D eigenvalue weighted by molar-refractivity contribution is 7.91. The van der Waals surface area contributed by atoms with Crippen molar-refractivity contribution in [3.8, 4) is 11.1 Å². The SMILES string of the molecule is O=c1ccc(-c2ccccc2)c2n1C[C@H]1C[C@H]2CN(S(=O)(=O)c2cccs2)C1. The number of pyridine rings is 1. The van der Waals surface area contributed by atoms with Gasteiger partial charge in [0.05, 0.1) is 0 Å². The second-order valence-corrected chi connectivity index (χ2v) is 10.6. The third-order valence-electron chi connectivity index (χ3n) is 5.73. The first-order valence-electron chi connectivity index (χ1n) is 9.37. The van der Waals surface area contributed by atoms with E-state index in [1.807, 2.05) is 41.0 Å². The van der Waals surface area contributed by atoms with Crippen LogP contribution >= 0.6 is 11.3 Å². The normalized spacial score (nSPS) is 22.0. The number of sulfonamides is 1.